The zero-order chi connectivity index (χ0) is 23.4. The molecule has 3 atom stereocenters. The van der Waals surface area contributed by atoms with Gasteiger partial charge >= 0.3 is 6.09 Å². The van der Waals surface area contributed by atoms with Gasteiger partial charge in [-0.15, -0.1) is 0 Å². The Labute approximate surface area is 189 Å². The highest BCUT2D eigenvalue weighted by molar-refractivity contribution is 6.04. The van der Waals surface area contributed by atoms with Gasteiger partial charge < -0.3 is 15.0 Å². The predicted molar refractivity (Wildman–Crippen MR) is 117 cm³/mol. The van der Waals surface area contributed by atoms with E-state index in [0.29, 0.717) is 25.8 Å². The number of allylic oxidation sites excluding steroid dienone is 2. The first-order valence-electron chi connectivity index (χ1n) is 11.8. The fourth-order valence-electron chi connectivity index (χ4n) is 5.48. The number of likely N-dealkylation sites (tertiary alicyclic amines) is 2. The number of fused-ring (bicyclic) bond motifs is 2. The van der Waals surface area contributed by atoms with Crippen LogP contribution in [0, 0.1) is 17.3 Å². The minimum atomic E-state index is -0.769. The van der Waals surface area contributed by atoms with Crippen molar-refractivity contribution in [3.05, 3.63) is 12.2 Å². The van der Waals surface area contributed by atoms with E-state index in [-0.39, 0.29) is 41.6 Å². The van der Waals surface area contributed by atoms with Crippen molar-refractivity contribution < 1.29 is 23.9 Å². The number of carbonyl (C=O) groups is 4. The normalized spacial score (nSPS) is 27.2. The molecular formula is C24H35N3O5. The Hall–Kier alpha value is -2.38. The molecule has 2 aliphatic carbocycles. The van der Waals surface area contributed by atoms with E-state index in [2.05, 4.69) is 5.32 Å². The number of hydrogen-bond acceptors (Lipinski definition) is 5. The van der Waals surface area contributed by atoms with Crippen LogP contribution >= 0.6 is 0 Å². The van der Waals surface area contributed by atoms with E-state index in [0.717, 1.165) is 12.8 Å². The monoisotopic (exact) mass is 445 g/mol. The SMILES string of the molecule is CC(C)C(NC(=O)OC(C)(C)C)C(=O)N1CC[C@H]2[C@H]1C1(CC=CC1)C(=O)N2C(=O)C1CC1. The minimum Gasteiger partial charge on any atom is -0.444 e. The molecule has 1 saturated carbocycles. The first-order valence-corrected chi connectivity index (χ1v) is 11.8. The van der Waals surface area contributed by atoms with Gasteiger partial charge in [-0.1, -0.05) is 26.0 Å². The third kappa shape index (κ3) is 3.82. The average molecular weight is 446 g/mol. The standard InChI is InChI=1S/C24H35N3O5/c1-14(2)17(25-22(31)32-23(3,4)5)20(29)26-13-10-16-18(26)24(11-6-7-12-24)21(30)27(16)19(28)15-8-9-15/h6-7,14-18H,8-13H2,1-5H3,(H,25,31)/t16-,17?,18-/m0/s1. The number of rotatable bonds is 4. The molecule has 2 heterocycles. The van der Waals surface area contributed by atoms with E-state index in [1.54, 1.807) is 25.7 Å². The number of hydrogen-bond donors (Lipinski definition) is 1. The first kappa shape index (κ1) is 22.8. The van der Waals surface area contributed by atoms with Gasteiger partial charge in [-0.05, 0) is 58.8 Å². The quantitative estimate of drug-likeness (QED) is 0.530. The maximum absolute atomic E-state index is 13.7. The molecule has 0 bridgehead atoms. The van der Waals surface area contributed by atoms with Crippen molar-refractivity contribution in [3.63, 3.8) is 0 Å². The van der Waals surface area contributed by atoms with Crippen molar-refractivity contribution in [2.45, 2.75) is 90.4 Å². The van der Waals surface area contributed by atoms with Crippen LogP contribution in [0.4, 0.5) is 4.79 Å². The van der Waals surface area contributed by atoms with Gasteiger partial charge in [0.25, 0.3) is 0 Å². The van der Waals surface area contributed by atoms with Crippen molar-refractivity contribution in [1.29, 1.82) is 0 Å². The minimum absolute atomic E-state index is 0.0499. The van der Waals surface area contributed by atoms with Crippen LogP contribution in [0.5, 0.6) is 0 Å². The van der Waals surface area contributed by atoms with Gasteiger partial charge in [0.15, 0.2) is 0 Å². The van der Waals surface area contributed by atoms with Crippen LogP contribution in [0.15, 0.2) is 12.2 Å². The average Bonchev–Trinajstić information content (AvgIpc) is 3.17. The molecule has 0 aromatic rings. The molecule has 2 aliphatic heterocycles. The largest absolute Gasteiger partial charge is 0.444 e. The third-order valence-electron chi connectivity index (χ3n) is 7.09. The number of imide groups is 1. The lowest BCUT2D eigenvalue weighted by atomic mass is 9.77. The van der Waals surface area contributed by atoms with Gasteiger partial charge in [-0.25, -0.2) is 4.79 Å². The summed E-state index contributed by atoms with van der Waals surface area (Å²) in [5.41, 5.74) is -1.44. The van der Waals surface area contributed by atoms with Crippen LogP contribution in [0.3, 0.4) is 0 Å². The second-order valence-electron chi connectivity index (χ2n) is 11.0. The number of nitrogens with one attached hydrogen (secondary N) is 1. The van der Waals surface area contributed by atoms with Crippen LogP contribution in [-0.4, -0.2) is 63.9 Å². The number of nitrogens with zero attached hydrogens (tertiary/aromatic N) is 2. The van der Waals surface area contributed by atoms with Crippen molar-refractivity contribution in [2.24, 2.45) is 17.3 Å². The molecule has 1 unspecified atom stereocenters. The zero-order valence-corrected chi connectivity index (χ0v) is 19.7. The number of carbonyl (C=O) groups excluding carboxylic acids is 4. The van der Waals surface area contributed by atoms with Crippen LogP contribution in [0.25, 0.3) is 0 Å². The molecule has 3 fully saturated rings. The van der Waals surface area contributed by atoms with Crippen molar-refractivity contribution >= 4 is 23.8 Å². The van der Waals surface area contributed by atoms with Crippen LogP contribution < -0.4 is 5.32 Å². The van der Waals surface area contributed by atoms with Gasteiger partial charge in [0.2, 0.25) is 17.7 Å². The molecule has 4 rings (SSSR count). The summed E-state index contributed by atoms with van der Waals surface area (Å²) in [5.74, 6) is -0.624. The third-order valence-corrected chi connectivity index (χ3v) is 7.09. The highest BCUT2D eigenvalue weighted by atomic mass is 16.6. The van der Waals surface area contributed by atoms with E-state index in [9.17, 15) is 19.2 Å². The summed E-state index contributed by atoms with van der Waals surface area (Å²) in [6, 6.07) is -1.41. The van der Waals surface area contributed by atoms with E-state index in [1.165, 1.54) is 4.90 Å². The summed E-state index contributed by atoms with van der Waals surface area (Å²) in [5, 5.41) is 2.75. The molecule has 1 N–H and O–H groups in total. The fraction of sp³-hybridized carbons (Fsp3) is 0.750. The van der Waals surface area contributed by atoms with Crippen molar-refractivity contribution in [2.75, 3.05) is 6.54 Å². The van der Waals surface area contributed by atoms with Gasteiger partial charge in [-0.3, -0.25) is 19.3 Å². The zero-order valence-electron chi connectivity index (χ0n) is 19.7. The Morgan fingerprint density at radius 2 is 1.75 bits per heavy atom. The summed E-state index contributed by atoms with van der Waals surface area (Å²) < 4.78 is 5.37. The van der Waals surface area contributed by atoms with Crippen LogP contribution in [0.2, 0.25) is 0 Å². The second-order valence-corrected chi connectivity index (χ2v) is 11.0. The van der Waals surface area contributed by atoms with E-state index < -0.39 is 23.2 Å². The predicted octanol–water partition coefficient (Wildman–Crippen LogP) is 2.62. The summed E-state index contributed by atoms with van der Waals surface area (Å²) in [7, 11) is 0. The molecule has 1 spiro atoms. The molecule has 0 aromatic carbocycles. The lowest BCUT2D eigenvalue weighted by Crippen LogP contribution is -2.56. The van der Waals surface area contributed by atoms with Gasteiger partial charge in [-0.2, -0.15) is 0 Å². The molecule has 8 nitrogen and oxygen atoms in total. The van der Waals surface area contributed by atoms with Crippen molar-refractivity contribution in [3.8, 4) is 0 Å². The molecule has 176 valence electrons. The first-order chi connectivity index (χ1) is 15.0. The Morgan fingerprint density at radius 3 is 2.28 bits per heavy atom. The molecular weight excluding hydrogens is 410 g/mol. The Balaban J connectivity index is 1.59. The highest BCUT2D eigenvalue weighted by Crippen LogP contribution is 2.53. The summed E-state index contributed by atoms with van der Waals surface area (Å²) >= 11 is 0. The maximum Gasteiger partial charge on any atom is 0.408 e. The molecule has 2 saturated heterocycles. The summed E-state index contributed by atoms with van der Waals surface area (Å²) in [4.78, 5) is 56.0. The van der Waals surface area contributed by atoms with E-state index in [4.69, 9.17) is 4.74 Å². The van der Waals surface area contributed by atoms with Gasteiger partial charge in [0.05, 0.1) is 17.5 Å². The Bertz CT molecular complexity index is 846. The molecule has 0 aromatic heterocycles. The molecule has 0 radical (unpaired) electrons. The Morgan fingerprint density at radius 1 is 1.12 bits per heavy atom. The molecule has 4 amide bonds. The number of alkyl carbamates (subject to hydrolysis) is 1. The summed E-state index contributed by atoms with van der Waals surface area (Å²) in [6.07, 6.45) is 6.67. The number of ether oxygens (including phenoxy) is 1. The lowest BCUT2D eigenvalue weighted by Gasteiger charge is -2.37. The number of amides is 4. The molecule has 4 aliphatic rings. The highest BCUT2D eigenvalue weighted by Gasteiger charge is 2.66. The van der Waals surface area contributed by atoms with E-state index in [1.807, 2.05) is 26.0 Å². The van der Waals surface area contributed by atoms with Crippen LogP contribution in [-0.2, 0) is 19.1 Å². The van der Waals surface area contributed by atoms with Crippen molar-refractivity contribution in [1.82, 2.24) is 15.1 Å². The summed E-state index contributed by atoms with van der Waals surface area (Å²) in [6.45, 7) is 9.55. The Kier molecular flexibility index (Phi) is 5.62. The second kappa shape index (κ2) is 7.89. The van der Waals surface area contributed by atoms with Gasteiger partial charge in [0.1, 0.15) is 11.6 Å². The van der Waals surface area contributed by atoms with Gasteiger partial charge in [0, 0.05) is 12.5 Å². The fourth-order valence-corrected chi connectivity index (χ4v) is 5.48. The smallest absolute Gasteiger partial charge is 0.408 e. The van der Waals surface area contributed by atoms with Crippen LogP contribution in [0.1, 0.15) is 66.7 Å². The maximum atomic E-state index is 13.7. The molecule has 32 heavy (non-hydrogen) atoms. The van der Waals surface area contributed by atoms with E-state index >= 15 is 0 Å². The molecule has 8 heteroatoms. The lowest BCUT2D eigenvalue weighted by molar-refractivity contribution is -0.148. The topological polar surface area (TPSA) is 96.0 Å².